The van der Waals surface area contributed by atoms with Crippen LogP contribution in [-0.2, 0) is 16.0 Å². The summed E-state index contributed by atoms with van der Waals surface area (Å²) in [6, 6.07) is -0.0168. The molecular weight excluding hydrogens is 224 g/mol. The summed E-state index contributed by atoms with van der Waals surface area (Å²) in [5.74, 6) is 0.169. The van der Waals surface area contributed by atoms with E-state index < -0.39 is 0 Å². The van der Waals surface area contributed by atoms with Crippen LogP contribution < -0.4 is 5.73 Å². The summed E-state index contributed by atoms with van der Waals surface area (Å²) in [4.78, 5) is 15.4. The molecule has 1 aromatic rings. The predicted molar refractivity (Wildman–Crippen MR) is 64.2 cm³/mol. The number of nitrogens with two attached hydrogens (primary N) is 1. The highest BCUT2D eigenvalue weighted by molar-refractivity contribution is 7.09. The van der Waals surface area contributed by atoms with Gasteiger partial charge in [-0.25, -0.2) is 4.98 Å². The van der Waals surface area contributed by atoms with Crippen LogP contribution in [0, 0.1) is 5.92 Å². The summed E-state index contributed by atoms with van der Waals surface area (Å²) in [5.41, 5.74) is 6.91. The van der Waals surface area contributed by atoms with E-state index in [0.717, 1.165) is 10.7 Å². The minimum absolute atomic E-state index is 0.0168. The Morgan fingerprint density at radius 2 is 2.31 bits per heavy atom. The Kier molecular flexibility index (Phi) is 4.89. The van der Waals surface area contributed by atoms with Gasteiger partial charge in [-0.3, -0.25) is 4.79 Å². The summed E-state index contributed by atoms with van der Waals surface area (Å²) in [7, 11) is 1.39. The van der Waals surface area contributed by atoms with Crippen molar-refractivity contribution < 1.29 is 9.53 Å². The maximum atomic E-state index is 11.0. The predicted octanol–water partition coefficient (Wildman–Crippen LogP) is 1.90. The molecule has 5 heteroatoms. The third-order valence-electron chi connectivity index (χ3n) is 2.39. The van der Waals surface area contributed by atoms with Gasteiger partial charge in [0.15, 0.2) is 0 Å². The Bertz CT molecular complexity index is 350. The van der Waals surface area contributed by atoms with E-state index >= 15 is 0 Å². The van der Waals surface area contributed by atoms with Gasteiger partial charge in [0.1, 0.15) is 5.01 Å². The normalized spacial score (nSPS) is 12.8. The Morgan fingerprint density at radius 1 is 1.62 bits per heavy atom. The Labute approximate surface area is 99.8 Å². The number of hydrogen-bond donors (Lipinski definition) is 1. The van der Waals surface area contributed by atoms with Crippen molar-refractivity contribution in [3.05, 3.63) is 16.1 Å². The van der Waals surface area contributed by atoms with Crippen molar-refractivity contribution in [2.45, 2.75) is 32.7 Å². The standard InChI is InChI=1S/C11H18N2O2S/c1-7(2)10(12)11-13-8(6-16-11)4-5-9(14)15-3/h6-7,10H,4-5,12H2,1-3H3. The van der Waals surface area contributed by atoms with Gasteiger partial charge in [0.25, 0.3) is 0 Å². The van der Waals surface area contributed by atoms with Gasteiger partial charge in [0, 0.05) is 11.8 Å². The number of nitrogens with zero attached hydrogens (tertiary/aromatic N) is 1. The van der Waals surface area contributed by atoms with Gasteiger partial charge < -0.3 is 10.5 Å². The first kappa shape index (κ1) is 13.1. The number of thiazole rings is 1. The first-order valence-electron chi connectivity index (χ1n) is 5.31. The average molecular weight is 242 g/mol. The molecular formula is C11H18N2O2S. The maximum Gasteiger partial charge on any atom is 0.305 e. The molecule has 0 bridgehead atoms. The lowest BCUT2D eigenvalue weighted by atomic mass is 10.1. The van der Waals surface area contributed by atoms with Gasteiger partial charge in [0.05, 0.1) is 25.3 Å². The quantitative estimate of drug-likeness (QED) is 0.801. The van der Waals surface area contributed by atoms with E-state index in [4.69, 9.17) is 5.73 Å². The van der Waals surface area contributed by atoms with Crippen LogP contribution in [-0.4, -0.2) is 18.1 Å². The Morgan fingerprint density at radius 3 is 2.88 bits per heavy atom. The van der Waals surface area contributed by atoms with Crippen LogP contribution in [0.4, 0.5) is 0 Å². The average Bonchev–Trinajstić information content (AvgIpc) is 2.73. The first-order valence-corrected chi connectivity index (χ1v) is 6.19. The zero-order chi connectivity index (χ0) is 12.1. The third kappa shape index (κ3) is 3.57. The lowest BCUT2D eigenvalue weighted by Gasteiger charge is -2.11. The van der Waals surface area contributed by atoms with Crippen LogP contribution in [0.15, 0.2) is 5.38 Å². The van der Waals surface area contributed by atoms with Crippen LogP contribution in [0.3, 0.4) is 0 Å². The van der Waals surface area contributed by atoms with E-state index in [-0.39, 0.29) is 12.0 Å². The van der Waals surface area contributed by atoms with Gasteiger partial charge in [-0.2, -0.15) is 0 Å². The smallest absolute Gasteiger partial charge is 0.305 e. The fourth-order valence-corrected chi connectivity index (χ4v) is 2.23. The minimum atomic E-state index is -0.206. The van der Waals surface area contributed by atoms with Gasteiger partial charge in [-0.15, -0.1) is 11.3 Å². The third-order valence-corrected chi connectivity index (χ3v) is 3.38. The summed E-state index contributed by atoms with van der Waals surface area (Å²) in [5, 5.41) is 2.90. The first-order chi connectivity index (χ1) is 7.54. The van der Waals surface area contributed by atoms with E-state index in [1.807, 2.05) is 5.38 Å². The second-order valence-electron chi connectivity index (χ2n) is 4.02. The molecule has 0 saturated heterocycles. The molecule has 1 aromatic heterocycles. The molecule has 0 aliphatic rings. The number of esters is 1. The van der Waals surface area contributed by atoms with Crippen LogP contribution in [0.2, 0.25) is 0 Å². The highest BCUT2D eigenvalue weighted by Gasteiger charge is 2.14. The summed E-state index contributed by atoms with van der Waals surface area (Å²) in [6.07, 6.45) is 0.991. The van der Waals surface area contributed by atoms with E-state index in [1.54, 1.807) is 11.3 Å². The molecule has 0 aliphatic carbocycles. The number of rotatable bonds is 5. The topological polar surface area (TPSA) is 65.2 Å². The van der Waals surface area contributed by atoms with Crippen LogP contribution in [0.5, 0.6) is 0 Å². The molecule has 0 spiro atoms. The van der Waals surface area contributed by atoms with Crippen molar-refractivity contribution >= 4 is 17.3 Å². The highest BCUT2D eigenvalue weighted by Crippen LogP contribution is 2.22. The molecule has 4 nitrogen and oxygen atoms in total. The second-order valence-corrected chi connectivity index (χ2v) is 4.91. The highest BCUT2D eigenvalue weighted by atomic mass is 32.1. The monoisotopic (exact) mass is 242 g/mol. The van der Waals surface area contributed by atoms with Gasteiger partial charge in [0.2, 0.25) is 0 Å². The molecule has 0 aliphatic heterocycles. The van der Waals surface area contributed by atoms with Crippen molar-refractivity contribution in [2.24, 2.45) is 11.7 Å². The van der Waals surface area contributed by atoms with Gasteiger partial charge in [-0.05, 0) is 5.92 Å². The molecule has 0 saturated carbocycles. The van der Waals surface area contributed by atoms with Crippen LogP contribution in [0.1, 0.15) is 37.0 Å². The number of ether oxygens (including phenoxy) is 1. The number of aromatic nitrogens is 1. The van der Waals surface area contributed by atoms with Crippen molar-refractivity contribution in [2.75, 3.05) is 7.11 Å². The van der Waals surface area contributed by atoms with Crippen molar-refractivity contribution in [3.8, 4) is 0 Å². The van der Waals surface area contributed by atoms with Crippen molar-refractivity contribution in [3.63, 3.8) is 0 Å². The van der Waals surface area contributed by atoms with Crippen molar-refractivity contribution in [1.29, 1.82) is 0 Å². The molecule has 0 fully saturated rings. The minimum Gasteiger partial charge on any atom is -0.469 e. The summed E-state index contributed by atoms with van der Waals surface area (Å²) >= 11 is 1.56. The molecule has 0 amide bonds. The van der Waals surface area contributed by atoms with E-state index in [1.165, 1.54) is 7.11 Å². The lowest BCUT2D eigenvalue weighted by Crippen LogP contribution is -2.16. The molecule has 1 rings (SSSR count). The van der Waals surface area contributed by atoms with Gasteiger partial charge in [-0.1, -0.05) is 13.8 Å². The maximum absolute atomic E-state index is 11.0. The molecule has 0 radical (unpaired) electrons. The zero-order valence-corrected chi connectivity index (χ0v) is 10.7. The van der Waals surface area contributed by atoms with Gasteiger partial charge >= 0.3 is 5.97 Å². The fourth-order valence-electron chi connectivity index (χ4n) is 1.21. The van der Waals surface area contributed by atoms with E-state index in [2.05, 4.69) is 23.6 Å². The zero-order valence-electron chi connectivity index (χ0n) is 9.90. The second kappa shape index (κ2) is 5.96. The van der Waals surface area contributed by atoms with Crippen LogP contribution in [0.25, 0.3) is 0 Å². The molecule has 1 heterocycles. The molecule has 90 valence electrons. The molecule has 1 unspecified atom stereocenters. The van der Waals surface area contributed by atoms with E-state index in [0.29, 0.717) is 18.8 Å². The fraction of sp³-hybridized carbons (Fsp3) is 0.636. The Balaban J connectivity index is 2.55. The number of hydrogen-bond acceptors (Lipinski definition) is 5. The SMILES string of the molecule is COC(=O)CCc1csc(C(N)C(C)C)n1. The molecule has 16 heavy (non-hydrogen) atoms. The van der Waals surface area contributed by atoms with Crippen LogP contribution >= 0.6 is 11.3 Å². The summed E-state index contributed by atoms with van der Waals surface area (Å²) < 4.78 is 4.58. The largest absolute Gasteiger partial charge is 0.469 e. The Hall–Kier alpha value is -0.940. The number of methoxy groups -OCH3 is 1. The molecule has 0 aromatic carbocycles. The molecule has 2 N–H and O–H groups in total. The number of carbonyl (C=O) groups is 1. The van der Waals surface area contributed by atoms with E-state index in [9.17, 15) is 4.79 Å². The summed E-state index contributed by atoms with van der Waals surface area (Å²) in [6.45, 7) is 4.14. The lowest BCUT2D eigenvalue weighted by molar-refractivity contribution is -0.140. The number of aryl methyl sites for hydroxylation is 1. The van der Waals surface area contributed by atoms with Crippen molar-refractivity contribution in [1.82, 2.24) is 4.98 Å². The molecule has 1 atom stereocenters. The number of carbonyl (C=O) groups excluding carboxylic acids is 1.